The number of aromatic nitrogens is 2. The minimum atomic E-state index is 0.392. The maximum absolute atomic E-state index is 5.86. The monoisotopic (exact) mass is 276 g/mol. The zero-order valence-electron chi connectivity index (χ0n) is 10.7. The van der Waals surface area contributed by atoms with E-state index in [9.17, 15) is 0 Å². The summed E-state index contributed by atoms with van der Waals surface area (Å²) in [5.74, 6) is 1.76. The van der Waals surface area contributed by atoms with Crippen molar-refractivity contribution < 1.29 is 4.74 Å². The second kappa shape index (κ2) is 5.05. The molecule has 19 heavy (non-hydrogen) atoms. The molecule has 6 heteroatoms. The van der Waals surface area contributed by atoms with Gasteiger partial charge in [0.15, 0.2) is 11.6 Å². The van der Waals surface area contributed by atoms with Crippen LogP contribution in [0.4, 0.5) is 11.6 Å². The van der Waals surface area contributed by atoms with Crippen molar-refractivity contribution in [3.63, 3.8) is 0 Å². The molecule has 0 amide bonds. The van der Waals surface area contributed by atoms with Gasteiger partial charge in [-0.05, 0) is 35.2 Å². The highest BCUT2D eigenvalue weighted by molar-refractivity contribution is 7.07. The predicted molar refractivity (Wildman–Crippen MR) is 76.5 cm³/mol. The Morgan fingerprint density at radius 2 is 2.32 bits per heavy atom. The highest BCUT2D eigenvalue weighted by Gasteiger charge is 2.32. The summed E-state index contributed by atoms with van der Waals surface area (Å²) < 4.78 is 5.37. The third-order valence-corrected chi connectivity index (χ3v) is 3.94. The van der Waals surface area contributed by atoms with E-state index in [1.165, 1.54) is 24.7 Å². The molecule has 0 radical (unpaired) electrons. The second-order valence-corrected chi connectivity index (χ2v) is 5.39. The first kappa shape index (κ1) is 12.2. The van der Waals surface area contributed by atoms with E-state index in [-0.39, 0.29) is 0 Å². The van der Waals surface area contributed by atoms with Crippen LogP contribution in [0, 0.1) is 0 Å². The van der Waals surface area contributed by atoms with Crippen molar-refractivity contribution in [3.05, 3.63) is 28.7 Å². The predicted octanol–water partition coefficient (Wildman–Crippen LogP) is 2.30. The van der Waals surface area contributed by atoms with Crippen LogP contribution < -0.4 is 15.4 Å². The Morgan fingerprint density at radius 3 is 2.95 bits per heavy atom. The zero-order chi connectivity index (χ0) is 13.2. The topological polar surface area (TPSA) is 64.3 Å². The Hall–Kier alpha value is -1.82. The summed E-state index contributed by atoms with van der Waals surface area (Å²) in [6.07, 6.45) is 3.88. The first-order valence-corrected chi connectivity index (χ1v) is 7.16. The van der Waals surface area contributed by atoms with Crippen molar-refractivity contribution in [3.8, 4) is 5.75 Å². The lowest BCUT2D eigenvalue weighted by Gasteiger charge is -2.24. The van der Waals surface area contributed by atoms with Gasteiger partial charge in [0.1, 0.15) is 6.33 Å². The Labute approximate surface area is 116 Å². The third-order valence-electron chi connectivity index (χ3n) is 3.21. The SMILES string of the molecule is COc1c(N)ncnc1N(Cc1ccsc1)C1CC1. The van der Waals surface area contributed by atoms with Crippen LogP contribution in [0.15, 0.2) is 23.2 Å². The average molecular weight is 276 g/mol. The van der Waals surface area contributed by atoms with Gasteiger partial charge in [0.05, 0.1) is 7.11 Å². The Kier molecular flexibility index (Phi) is 3.25. The number of methoxy groups -OCH3 is 1. The number of nitrogen functional groups attached to an aromatic ring is 1. The molecule has 2 N–H and O–H groups in total. The van der Waals surface area contributed by atoms with E-state index in [0.29, 0.717) is 17.6 Å². The number of nitrogens with zero attached hydrogens (tertiary/aromatic N) is 3. The van der Waals surface area contributed by atoms with Gasteiger partial charge in [-0.1, -0.05) is 0 Å². The summed E-state index contributed by atoms with van der Waals surface area (Å²) in [6, 6.07) is 2.67. The molecule has 0 aromatic carbocycles. The summed E-state index contributed by atoms with van der Waals surface area (Å²) in [5.41, 5.74) is 7.15. The second-order valence-electron chi connectivity index (χ2n) is 4.61. The lowest BCUT2D eigenvalue weighted by Crippen LogP contribution is -2.26. The molecule has 1 aliphatic carbocycles. The number of ether oxygens (including phenoxy) is 1. The van der Waals surface area contributed by atoms with Crippen LogP contribution in [0.2, 0.25) is 0 Å². The minimum absolute atomic E-state index is 0.392. The number of thiophene rings is 1. The van der Waals surface area contributed by atoms with Crippen molar-refractivity contribution in [2.45, 2.75) is 25.4 Å². The molecule has 1 fully saturated rings. The highest BCUT2D eigenvalue weighted by Crippen LogP contribution is 2.38. The van der Waals surface area contributed by atoms with Gasteiger partial charge >= 0.3 is 0 Å². The molecule has 3 rings (SSSR count). The van der Waals surface area contributed by atoms with Gasteiger partial charge in [-0.2, -0.15) is 11.3 Å². The van der Waals surface area contributed by atoms with Crippen molar-refractivity contribution in [1.29, 1.82) is 0 Å². The molecular formula is C13H16N4OS. The number of hydrogen-bond donors (Lipinski definition) is 1. The summed E-state index contributed by atoms with van der Waals surface area (Å²) in [4.78, 5) is 10.6. The van der Waals surface area contributed by atoms with E-state index >= 15 is 0 Å². The molecule has 0 saturated heterocycles. The Balaban J connectivity index is 1.94. The first-order valence-electron chi connectivity index (χ1n) is 6.21. The molecule has 0 spiro atoms. The summed E-state index contributed by atoms with van der Waals surface area (Å²) in [6.45, 7) is 0.834. The molecule has 0 atom stereocenters. The summed E-state index contributed by atoms with van der Waals surface area (Å²) in [7, 11) is 1.61. The number of nitrogens with two attached hydrogens (primary N) is 1. The zero-order valence-corrected chi connectivity index (χ0v) is 11.6. The van der Waals surface area contributed by atoms with Gasteiger partial charge in [-0.15, -0.1) is 0 Å². The average Bonchev–Trinajstić information content (AvgIpc) is 3.13. The fourth-order valence-electron chi connectivity index (χ4n) is 2.12. The van der Waals surface area contributed by atoms with Gasteiger partial charge in [0, 0.05) is 12.6 Å². The molecule has 0 unspecified atom stereocenters. The van der Waals surface area contributed by atoms with Crippen molar-refractivity contribution in [2.75, 3.05) is 17.7 Å². The summed E-state index contributed by atoms with van der Waals surface area (Å²) >= 11 is 1.71. The standard InChI is InChI=1S/C13H16N4OS/c1-18-11-12(14)15-8-16-13(11)17(10-2-3-10)6-9-4-5-19-7-9/h4-5,7-8,10H,2-3,6H2,1H3,(H2,14,15,16). The molecule has 0 aliphatic heterocycles. The molecule has 1 aliphatic rings. The number of rotatable bonds is 5. The normalized spacial score (nSPS) is 14.4. The maximum atomic E-state index is 5.86. The molecule has 2 aromatic heterocycles. The van der Waals surface area contributed by atoms with E-state index in [4.69, 9.17) is 10.5 Å². The largest absolute Gasteiger partial charge is 0.490 e. The highest BCUT2D eigenvalue weighted by atomic mass is 32.1. The molecular weight excluding hydrogens is 260 g/mol. The fraction of sp³-hybridized carbons (Fsp3) is 0.385. The van der Waals surface area contributed by atoms with Crippen molar-refractivity contribution in [2.24, 2.45) is 0 Å². The van der Waals surface area contributed by atoms with Crippen LogP contribution in [0.25, 0.3) is 0 Å². The Morgan fingerprint density at radius 1 is 1.47 bits per heavy atom. The number of anilines is 2. The minimum Gasteiger partial charge on any atom is -0.490 e. The lowest BCUT2D eigenvalue weighted by molar-refractivity contribution is 0.412. The van der Waals surface area contributed by atoms with Gasteiger partial charge in [-0.3, -0.25) is 0 Å². The number of hydrogen-bond acceptors (Lipinski definition) is 6. The Bertz CT molecular complexity index is 554. The van der Waals surface area contributed by atoms with Crippen LogP contribution in [-0.4, -0.2) is 23.1 Å². The van der Waals surface area contributed by atoms with E-state index in [1.54, 1.807) is 18.4 Å². The van der Waals surface area contributed by atoms with E-state index in [1.807, 2.05) is 0 Å². The molecule has 1 saturated carbocycles. The summed E-state index contributed by atoms with van der Waals surface area (Å²) in [5, 5.41) is 4.25. The van der Waals surface area contributed by atoms with E-state index in [2.05, 4.69) is 31.7 Å². The van der Waals surface area contributed by atoms with Gasteiger partial charge < -0.3 is 15.4 Å². The molecule has 2 aromatic rings. The van der Waals surface area contributed by atoms with Gasteiger partial charge in [-0.25, -0.2) is 9.97 Å². The van der Waals surface area contributed by atoms with Gasteiger partial charge in [0.25, 0.3) is 0 Å². The lowest BCUT2D eigenvalue weighted by atomic mass is 10.3. The van der Waals surface area contributed by atoms with Crippen LogP contribution in [-0.2, 0) is 6.54 Å². The van der Waals surface area contributed by atoms with Crippen LogP contribution in [0.5, 0.6) is 5.75 Å². The molecule has 0 bridgehead atoms. The smallest absolute Gasteiger partial charge is 0.204 e. The maximum Gasteiger partial charge on any atom is 0.204 e. The molecule has 100 valence electrons. The van der Waals surface area contributed by atoms with E-state index in [0.717, 1.165) is 12.4 Å². The van der Waals surface area contributed by atoms with Crippen LogP contribution in [0.1, 0.15) is 18.4 Å². The van der Waals surface area contributed by atoms with Gasteiger partial charge in [0.2, 0.25) is 5.75 Å². The third kappa shape index (κ3) is 2.49. The molecule has 2 heterocycles. The first-order chi connectivity index (χ1) is 9.29. The van der Waals surface area contributed by atoms with Crippen LogP contribution in [0.3, 0.4) is 0 Å². The molecule has 5 nitrogen and oxygen atoms in total. The quantitative estimate of drug-likeness (QED) is 0.907. The van der Waals surface area contributed by atoms with Crippen LogP contribution >= 0.6 is 11.3 Å². The van der Waals surface area contributed by atoms with Crippen molar-refractivity contribution in [1.82, 2.24) is 9.97 Å². The van der Waals surface area contributed by atoms with Crippen molar-refractivity contribution >= 4 is 23.0 Å². The van der Waals surface area contributed by atoms with E-state index < -0.39 is 0 Å². The fourth-order valence-corrected chi connectivity index (χ4v) is 2.78.